The number of likely N-dealkylation sites (tertiary alicyclic amines) is 1. The molecular weight excluding hydrogens is 364 g/mol. The van der Waals surface area contributed by atoms with E-state index >= 15 is 0 Å². The third-order valence-corrected chi connectivity index (χ3v) is 5.66. The Labute approximate surface area is 161 Å². The van der Waals surface area contributed by atoms with Gasteiger partial charge >= 0.3 is 0 Å². The molecule has 142 valence electrons. The molecule has 3 aromatic rings. The highest BCUT2D eigenvalue weighted by Crippen LogP contribution is 2.35. The summed E-state index contributed by atoms with van der Waals surface area (Å²) in [6.45, 7) is 7.36. The van der Waals surface area contributed by atoms with Crippen LogP contribution in [0.25, 0.3) is 10.6 Å². The van der Waals surface area contributed by atoms with Crippen molar-refractivity contribution in [2.75, 3.05) is 13.1 Å². The number of carbonyl (C=O) groups excluding carboxylic acids is 1. The summed E-state index contributed by atoms with van der Waals surface area (Å²) in [4.78, 5) is 15.7. The maximum absolute atomic E-state index is 12.9. The summed E-state index contributed by atoms with van der Waals surface area (Å²) in [5.74, 6) is 1.09. The smallest absolute Gasteiger partial charge is 0.274 e. The number of aromatic amines is 1. The second-order valence-electron chi connectivity index (χ2n) is 7.27. The highest BCUT2D eigenvalue weighted by Gasteiger charge is 2.31. The van der Waals surface area contributed by atoms with Crippen molar-refractivity contribution in [3.63, 3.8) is 0 Å². The number of rotatable bonds is 4. The molecule has 1 atom stereocenters. The molecule has 9 heteroatoms. The number of aromatic nitrogens is 5. The van der Waals surface area contributed by atoms with Crippen molar-refractivity contribution in [3.05, 3.63) is 34.9 Å². The summed E-state index contributed by atoms with van der Waals surface area (Å²) < 4.78 is 9.51. The van der Waals surface area contributed by atoms with Gasteiger partial charge in [0.05, 0.1) is 11.4 Å². The minimum absolute atomic E-state index is 0.0388. The zero-order valence-electron chi connectivity index (χ0n) is 15.6. The molecule has 0 saturated carbocycles. The molecule has 0 aliphatic carbocycles. The first-order chi connectivity index (χ1) is 13.0. The normalized spacial score (nSPS) is 17.6. The van der Waals surface area contributed by atoms with Crippen molar-refractivity contribution >= 4 is 17.4 Å². The van der Waals surface area contributed by atoms with Crippen LogP contribution in [0.1, 0.15) is 66.1 Å². The number of nitrogens with zero attached hydrogens (tertiary/aromatic N) is 5. The lowest BCUT2D eigenvalue weighted by molar-refractivity contribution is 0.0700. The van der Waals surface area contributed by atoms with Crippen LogP contribution in [-0.2, 0) is 0 Å². The van der Waals surface area contributed by atoms with Gasteiger partial charge < -0.3 is 9.42 Å². The van der Waals surface area contributed by atoms with Crippen LogP contribution in [0.2, 0.25) is 0 Å². The second-order valence-corrected chi connectivity index (χ2v) is 8.03. The Hall–Kier alpha value is -2.55. The number of aryl methyl sites for hydroxylation is 1. The van der Waals surface area contributed by atoms with Crippen molar-refractivity contribution in [2.45, 2.75) is 45.4 Å². The summed E-state index contributed by atoms with van der Waals surface area (Å²) in [6, 6.07) is 3.74. The van der Waals surface area contributed by atoms with E-state index < -0.39 is 0 Å². The molecule has 1 fully saturated rings. The van der Waals surface area contributed by atoms with Crippen molar-refractivity contribution < 1.29 is 9.32 Å². The fourth-order valence-corrected chi connectivity index (χ4v) is 4.09. The van der Waals surface area contributed by atoms with Gasteiger partial charge in [0, 0.05) is 30.8 Å². The van der Waals surface area contributed by atoms with Crippen LogP contribution >= 0.6 is 11.5 Å². The second kappa shape index (κ2) is 7.22. The number of nitrogens with one attached hydrogen (secondary N) is 1. The van der Waals surface area contributed by atoms with Crippen LogP contribution in [0.5, 0.6) is 0 Å². The fourth-order valence-electron chi connectivity index (χ4n) is 3.39. The van der Waals surface area contributed by atoms with Crippen molar-refractivity contribution in [3.8, 4) is 10.6 Å². The summed E-state index contributed by atoms with van der Waals surface area (Å²) in [7, 11) is 0. The number of piperidine rings is 1. The summed E-state index contributed by atoms with van der Waals surface area (Å²) in [5.41, 5.74) is 3.16. The minimum atomic E-state index is -0.0388. The molecule has 4 heterocycles. The maximum atomic E-state index is 12.9. The van der Waals surface area contributed by atoms with Crippen LogP contribution in [0.3, 0.4) is 0 Å². The summed E-state index contributed by atoms with van der Waals surface area (Å²) >= 11 is 1.31. The maximum Gasteiger partial charge on any atom is 0.274 e. The average molecular weight is 386 g/mol. The summed E-state index contributed by atoms with van der Waals surface area (Å²) in [5, 5.41) is 15.5. The van der Waals surface area contributed by atoms with Crippen LogP contribution < -0.4 is 0 Å². The highest BCUT2D eigenvalue weighted by molar-refractivity contribution is 7.09. The molecule has 8 nitrogen and oxygen atoms in total. The highest BCUT2D eigenvalue weighted by atomic mass is 32.1. The molecular formula is C18H22N6O2S. The Morgan fingerprint density at radius 2 is 2.26 bits per heavy atom. The van der Waals surface area contributed by atoms with Crippen molar-refractivity contribution in [1.29, 1.82) is 0 Å². The molecule has 1 aliphatic rings. The van der Waals surface area contributed by atoms with E-state index in [1.807, 2.05) is 24.0 Å². The SMILES string of the molecule is Cc1cc(-c2snnc2C2CCCN(C(=O)c3cc(C(C)C)[nH]n3)C2)on1. The predicted octanol–water partition coefficient (Wildman–Crippen LogP) is 3.37. The molecule has 3 aromatic heterocycles. The first kappa shape index (κ1) is 17.8. The minimum Gasteiger partial charge on any atom is -0.355 e. The molecule has 0 aromatic carbocycles. The topological polar surface area (TPSA) is 101 Å². The Morgan fingerprint density at radius 1 is 1.41 bits per heavy atom. The van der Waals surface area contributed by atoms with Gasteiger partial charge in [0.15, 0.2) is 5.76 Å². The van der Waals surface area contributed by atoms with Crippen LogP contribution in [0.4, 0.5) is 0 Å². The molecule has 4 rings (SSSR count). The van der Waals surface area contributed by atoms with Crippen LogP contribution in [0, 0.1) is 6.92 Å². The van der Waals surface area contributed by atoms with Crippen molar-refractivity contribution in [2.24, 2.45) is 0 Å². The van der Waals surface area contributed by atoms with Crippen LogP contribution in [-0.4, -0.2) is 48.8 Å². The molecule has 0 radical (unpaired) electrons. The average Bonchev–Trinajstić information content (AvgIpc) is 3.41. The number of hydrogen-bond donors (Lipinski definition) is 1. The van der Waals surface area contributed by atoms with Gasteiger partial charge in [-0.2, -0.15) is 5.10 Å². The lowest BCUT2D eigenvalue weighted by atomic mass is 9.93. The monoisotopic (exact) mass is 386 g/mol. The Balaban J connectivity index is 1.53. The van der Waals surface area contributed by atoms with Gasteiger partial charge in [-0.3, -0.25) is 9.89 Å². The lowest BCUT2D eigenvalue weighted by Crippen LogP contribution is -2.39. The van der Waals surface area contributed by atoms with E-state index in [2.05, 4.69) is 38.8 Å². The largest absolute Gasteiger partial charge is 0.355 e. The molecule has 1 N–H and O–H groups in total. The predicted molar refractivity (Wildman–Crippen MR) is 101 cm³/mol. The Kier molecular flexibility index (Phi) is 4.77. The molecule has 27 heavy (non-hydrogen) atoms. The van der Waals surface area contributed by atoms with Gasteiger partial charge in [0.2, 0.25) is 0 Å². The molecule has 1 amide bonds. The van der Waals surface area contributed by atoms with E-state index in [0.29, 0.717) is 23.9 Å². The third-order valence-electron chi connectivity index (χ3n) is 4.90. The third kappa shape index (κ3) is 3.51. The van der Waals surface area contributed by atoms with E-state index in [4.69, 9.17) is 4.52 Å². The Bertz CT molecular complexity index is 943. The molecule has 1 unspecified atom stereocenters. The van der Waals surface area contributed by atoms with Gasteiger partial charge in [-0.25, -0.2) is 0 Å². The quantitative estimate of drug-likeness (QED) is 0.738. The first-order valence-corrected chi connectivity index (χ1v) is 9.90. The van der Waals surface area contributed by atoms with E-state index in [-0.39, 0.29) is 11.8 Å². The van der Waals surface area contributed by atoms with Gasteiger partial charge in [0.25, 0.3) is 5.91 Å². The lowest BCUT2D eigenvalue weighted by Gasteiger charge is -2.31. The number of hydrogen-bond acceptors (Lipinski definition) is 7. The molecule has 0 spiro atoms. The zero-order chi connectivity index (χ0) is 19.0. The Morgan fingerprint density at radius 3 is 2.96 bits per heavy atom. The standard InChI is InChI=1S/C18H22N6O2S/c1-10(2)13-8-14(20-19-13)18(25)24-6-4-5-12(9-24)16-17(27-23-21-16)15-7-11(3)22-26-15/h7-8,10,12H,4-6,9H2,1-3H3,(H,19,20). The molecule has 0 bridgehead atoms. The number of carbonyl (C=O) groups is 1. The van der Waals surface area contributed by atoms with Gasteiger partial charge in [-0.05, 0) is 43.3 Å². The molecule has 1 saturated heterocycles. The van der Waals surface area contributed by atoms with Gasteiger partial charge in [0.1, 0.15) is 10.6 Å². The van der Waals surface area contributed by atoms with E-state index in [0.717, 1.165) is 41.3 Å². The van der Waals surface area contributed by atoms with Gasteiger partial charge in [-0.1, -0.05) is 23.5 Å². The first-order valence-electron chi connectivity index (χ1n) is 9.13. The van der Waals surface area contributed by atoms with Crippen LogP contribution in [0.15, 0.2) is 16.7 Å². The van der Waals surface area contributed by atoms with E-state index in [9.17, 15) is 4.79 Å². The number of amides is 1. The van der Waals surface area contributed by atoms with E-state index in [1.54, 1.807) is 0 Å². The fraction of sp³-hybridized carbons (Fsp3) is 0.500. The number of H-pyrrole nitrogens is 1. The zero-order valence-corrected chi connectivity index (χ0v) is 16.4. The van der Waals surface area contributed by atoms with Crippen molar-refractivity contribution in [1.82, 2.24) is 29.8 Å². The molecule has 1 aliphatic heterocycles. The summed E-state index contributed by atoms with van der Waals surface area (Å²) in [6.07, 6.45) is 1.89. The van der Waals surface area contributed by atoms with E-state index in [1.165, 1.54) is 11.5 Å². The van der Waals surface area contributed by atoms with Gasteiger partial charge in [-0.15, -0.1) is 5.10 Å².